The fourth-order valence-corrected chi connectivity index (χ4v) is 1.95. The van der Waals surface area contributed by atoms with Crippen LogP contribution in [0, 0.1) is 0 Å². The van der Waals surface area contributed by atoms with Crippen LogP contribution in [-0.2, 0) is 4.79 Å². The van der Waals surface area contributed by atoms with Crippen LogP contribution in [0.1, 0.15) is 6.42 Å². The van der Waals surface area contributed by atoms with E-state index in [4.69, 9.17) is 4.42 Å². The van der Waals surface area contributed by atoms with Crippen LogP contribution in [0.2, 0.25) is 0 Å². The minimum atomic E-state index is 0.0867. The second-order valence-electron chi connectivity index (χ2n) is 4.05. The largest absolute Gasteiger partial charge is 0.423 e. The number of para-hydroxylation sites is 2. The summed E-state index contributed by atoms with van der Waals surface area (Å²) in [6.07, 6.45) is 0.485. The van der Waals surface area contributed by atoms with Crippen LogP contribution < -0.4 is 10.2 Å². The number of amides is 1. The van der Waals surface area contributed by atoms with Gasteiger partial charge in [0.1, 0.15) is 5.52 Å². The van der Waals surface area contributed by atoms with Crippen molar-refractivity contribution in [1.29, 1.82) is 0 Å². The number of benzene rings is 1. The number of carbonyl (C=O) groups excluding carboxylic acids is 1. The average Bonchev–Trinajstić information content (AvgIpc) is 2.65. The number of aromatic nitrogens is 1. The van der Waals surface area contributed by atoms with Gasteiger partial charge < -0.3 is 14.6 Å². The molecule has 5 heteroatoms. The molecule has 0 bridgehead atoms. The van der Waals surface area contributed by atoms with Gasteiger partial charge in [-0.05, 0) is 12.1 Å². The lowest BCUT2D eigenvalue weighted by Crippen LogP contribution is -2.28. The van der Waals surface area contributed by atoms with Crippen molar-refractivity contribution >= 4 is 23.0 Å². The van der Waals surface area contributed by atoms with E-state index in [0.717, 1.165) is 17.6 Å². The predicted octanol–water partition coefficient (Wildman–Crippen LogP) is 1.15. The Bertz CT molecular complexity index is 516. The van der Waals surface area contributed by atoms with Gasteiger partial charge in [0.2, 0.25) is 5.91 Å². The summed E-state index contributed by atoms with van der Waals surface area (Å²) in [5, 5.41) is 2.83. The monoisotopic (exact) mass is 231 g/mol. The Morgan fingerprint density at radius 1 is 1.29 bits per heavy atom. The summed E-state index contributed by atoms with van der Waals surface area (Å²) in [4.78, 5) is 17.7. The lowest BCUT2D eigenvalue weighted by molar-refractivity contribution is -0.120. The van der Waals surface area contributed by atoms with E-state index in [9.17, 15) is 4.79 Å². The van der Waals surface area contributed by atoms with Crippen LogP contribution in [0.4, 0.5) is 6.01 Å². The van der Waals surface area contributed by atoms with E-state index in [0.29, 0.717) is 25.5 Å². The Balaban J connectivity index is 1.89. The number of oxazole rings is 1. The molecule has 0 unspecified atom stereocenters. The molecule has 0 saturated carbocycles. The molecule has 1 aliphatic rings. The molecule has 1 saturated heterocycles. The molecular weight excluding hydrogens is 218 g/mol. The quantitative estimate of drug-likeness (QED) is 0.800. The molecule has 0 atom stereocenters. The van der Waals surface area contributed by atoms with Crippen LogP contribution in [0.15, 0.2) is 28.7 Å². The molecule has 0 aliphatic carbocycles. The SMILES string of the molecule is O=C1CCN(c2nc3ccccc3o2)CCN1. The summed E-state index contributed by atoms with van der Waals surface area (Å²) in [5.41, 5.74) is 1.64. The molecular formula is C12H13N3O2. The van der Waals surface area contributed by atoms with Crippen LogP contribution in [0.5, 0.6) is 0 Å². The third-order valence-corrected chi connectivity index (χ3v) is 2.87. The number of anilines is 1. The summed E-state index contributed by atoms with van der Waals surface area (Å²) in [6, 6.07) is 8.27. The molecule has 1 aliphatic heterocycles. The van der Waals surface area contributed by atoms with Crippen molar-refractivity contribution < 1.29 is 9.21 Å². The molecule has 17 heavy (non-hydrogen) atoms. The summed E-state index contributed by atoms with van der Waals surface area (Å²) in [5.74, 6) is 0.0867. The molecule has 3 rings (SSSR count). The normalized spacial score (nSPS) is 16.9. The number of fused-ring (bicyclic) bond motifs is 1. The van der Waals surface area contributed by atoms with Crippen molar-refractivity contribution in [2.24, 2.45) is 0 Å². The molecule has 1 aromatic heterocycles. The van der Waals surface area contributed by atoms with Crippen molar-refractivity contribution in [3.05, 3.63) is 24.3 Å². The third kappa shape index (κ3) is 1.95. The first-order chi connectivity index (χ1) is 8.33. The minimum absolute atomic E-state index is 0.0867. The minimum Gasteiger partial charge on any atom is -0.423 e. The fourth-order valence-electron chi connectivity index (χ4n) is 1.95. The van der Waals surface area contributed by atoms with Gasteiger partial charge in [0.15, 0.2) is 5.58 Å². The third-order valence-electron chi connectivity index (χ3n) is 2.87. The zero-order chi connectivity index (χ0) is 11.7. The topological polar surface area (TPSA) is 58.4 Å². The Labute approximate surface area is 98.4 Å². The molecule has 0 spiro atoms. The smallest absolute Gasteiger partial charge is 0.298 e. The fraction of sp³-hybridized carbons (Fsp3) is 0.333. The molecule has 1 fully saturated rings. The van der Waals surface area contributed by atoms with Crippen molar-refractivity contribution in [3.63, 3.8) is 0 Å². The first-order valence-corrected chi connectivity index (χ1v) is 5.70. The van der Waals surface area contributed by atoms with Gasteiger partial charge in [0.25, 0.3) is 6.01 Å². The van der Waals surface area contributed by atoms with E-state index < -0.39 is 0 Å². The molecule has 1 aromatic carbocycles. The number of hydrogen-bond acceptors (Lipinski definition) is 4. The van der Waals surface area contributed by atoms with Crippen molar-refractivity contribution in [3.8, 4) is 0 Å². The second-order valence-corrected chi connectivity index (χ2v) is 4.05. The lowest BCUT2D eigenvalue weighted by atomic mass is 10.3. The van der Waals surface area contributed by atoms with E-state index in [-0.39, 0.29) is 5.91 Å². The molecule has 1 amide bonds. The summed E-state index contributed by atoms with van der Waals surface area (Å²) < 4.78 is 5.67. The zero-order valence-electron chi connectivity index (χ0n) is 9.35. The van der Waals surface area contributed by atoms with E-state index in [1.165, 1.54) is 0 Å². The van der Waals surface area contributed by atoms with Gasteiger partial charge >= 0.3 is 0 Å². The van der Waals surface area contributed by atoms with E-state index in [1.807, 2.05) is 29.2 Å². The van der Waals surface area contributed by atoms with E-state index in [1.54, 1.807) is 0 Å². The first kappa shape index (κ1) is 10.1. The van der Waals surface area contributed by atoms with Gasteiger partial charge in [-0.25, -0.2) is 0 Å². The Morgan fingerprint density at radius 3 is 3.06 bits per heavy atom. The number of nitrogens with one attached hydrogen (secondary N) is 1. The zero-order valence-corrected chi connectivity index (χ0v) is 9.35. The highest BCUT2D eigenvalue weighted by Gasteiger charge is 2.18. The Hall–Kier alpha value is -2.04. The maximum atomic E-state index is 11.2. The van der Waals surface area contributed by atoms with Crippen molar-refractivity contribution in [2.45, 2.75) is 6.42 Å². The number of hydrogen-bond donors (Lipinski definition) is 1. The molecule has 2 heterocycles. The maximum Gasteiger partial charge on any atom is 0.298 e. The van der Waals surface area contributed by atoms with Crippen molar-refractivity contribution in [2.75, 3.05) is 24.5 Å². The molecule has 5 nitrogen and oxygen atoms in total. The van der Waals surface area contributed by atoms with Crippen LogP contribution in [0.3, 0.4) is 0 Å². The highest BCUT2D eigenvalue weighted by atomic mass is 16.4. The summed E-state index contributed by atoms with van der Waals surface area (Å²) in [6.45, 7) is 2.02. The van der Waals surface area contributed by atoms with E-state index in [2.05, 4.69) is 10.3 Å². The van der Waals surface area contributed by atoms with E-state index >= 15 is 0 Å². The lowest BCUT2D eigenvalue weighted by Gasteiger charge is -2.15. The molecule has 2 aromatic rings. The summed E-state index contributed by atoms with van der Waals surface area (Å²) >= 11 is 0. The Morgan fingerprint density at radius 2 is 2.18 bits per heavy atom. The van der Waals surface area contributed by atoms with Gasteiger partial charge in [0.05, 0.1) is 0 Å². The van der Waals surface area contributed by atoms with Gasteiger partial charge in [0, 0.05) is 26.1 Å². The number of carbonyl (C=O) groups is 1. The number of nitrogens with zero attached hydrogens (tertiary/aromatic N) is 2. The standard InChI is InChI=1S/C12H13N3O2/c16-11-5-7-15(8-6-13-11)12-14-9-3-1-2-4-10(9)17-12/h1-4H,5-8H2,(H,13,16). The molecule has 0 radical (unpaired) electrons. The first-order valence-electron chi connectivity index (χ1n) is 5.70. The van der Waals surface area contributed by atoms with Gasteiger partial charge in [-0.15, -0.1) is 0 Å². The second kappa shape index (κ2) is 4.08. The number of rotatable bonds is 1. The van der Waals surface area contributed by atoms with Gasteiger partial charge in [-0.3, -0.25) is 4.79 Å². The highest BCUT2D eigenvalue weighted by Crippen LogP contribution is 2.21. The van der Waals surface area contributed by atoms with Gasteiger partial charge in [-0.2, -0.15) is 4.98 Å². The van der Waals surface area contributed by atoms with Crippen LogP contribution in [-0.4, -0.2) is 30.5 Å². The predicted molar refractivity (Wildman–Crippen MR) is 63.8 cm³/mol. The molecule has 88 valence electrons. The Kier molecular flexibility index (Phi) is 2.44. The maximum absolute atomic E-state index is 11.2. The van der Waals surface area contributed by atoms with Crippen molar-refractivity contribution in [1.82, 2.24) is 10.3 Å². The van der Waals surface area contributed by atoms with Crippen LogP contribution in [0.25, 0.3) is 11.1 Å². The molecule has 1 N–H and O–H groups in total. The average molecular weight is 231 g/mol. The summed E-state index contributed by atoms with van der Waals surface area (Å²) in [7, 11) is 0. The van der Waals surface area contributed by atoms with Crippen LogP contribution >= 0.6 is 0 Å². The van der Waals surface area contributed by atoms with Gasteiger partial charge in [-0.1, -0.05) is 12.1 Å². The highest BCUT2D eigenvalue weighted by molar-refractivity contribution is 5.77.